The molecular formula is C38H43N3O7. The van der Waals surface area contributed by atoms with Crippen LogP contribution in [0.2, 0.25) is 0 Å². The van der Waals surface area contributed by atoms with E-state index in [0.29, 0.717) is 45.3 Å². The van der Waals surface area contributed by atoms with E-state index < -0.39 is 17.6 Å². The molecule has 10 nitrogen and oxygen atoms in total. The lowest BCUT2D eigenvalue weighted by molar-refractivity contribution is 0.0327. The van der Waals surface area contributed by atoms with Gasteiger partial charge in [-0.3, -0.25) is 9.59 Å². The number of carbonyl (C=O) groups excluding carboxylic acids is 2. The second kappa shape index (κ2) is 16.3. The number of carbonyl (C=O) groups is 2. The van der Waals surface area contributed by atoms with E-state index in [0.717, 1.165) is 40.8 Å². The Hall–Kier alpha value is -4.93. The predicted octanol–water partition coefficient (Wildman–Crippen LogP) is 6.24. The summed E-state index contributed by atoms with van der Waals surface area (Å²) >= 11 is 0. The second-order valence-electron chi connectivity index (χ2n) is 12.4. The molecule has 0 aliphatic heterocycles. The van der Waals surface area contributed by atoms with Crippen LogP contribution in [0.25, 0.3) is 11.1 Å². The number of rotatable bonds is 14. The van der Waals surface area contributed by atoms with Crippen molar-refractivity contribution in [3.8, 4) is 16.9 Å². The molecule has 252 valence electrons. The topological polar surface area (TPSA) is 117 Å². The molecule has 0 saturated heterocycles. The van der Waals surface area contributed by atoms with Gasteiger partial charge < -0.3 is 34.1 Å². The highest BCUT2D eigenvalue weighted by Gasteiger charge is 2.28. The molecule has 0 spiro atoms. The zero-order valence-corrected chi connectivity index (χ0v) is 27.7. The van der Waals surface area contributed by atoms with Crippen molar-refractivity contribution in [2.24, 2.45) is 0 Å². The van der Waals surface area contributed by atoms with Crippen molar-refractivity contribution in [2.45, 2.75) is 45.3 Å². The fourth-order valence-corrected chi connectivity index (χ4v) is 5.60. The summed E-state index contributed by atoms with van der Waals surface area (Å²) in [6, 6.07) is 26.5. The van der Waals surface area contributed by atoms with Crippen molar-refractivity contribution in [3.05, 3.63) is 118 Å². The highest BCUT2D eigenvalue weighted by molar-refractivity contribution is 6.04. The first kappa shape index (κ1) is 34.4. The van der Waals surface area contributed by atoms with Gasteiger partial charge in [-0.2, -0.15) is 0 Å². The van der Waals surface area contributed by atoms with Gasteiger partial charge in [0.25, 0.3) is 11.5 Å². The van der Waals surface area contributed by atoms with Crippen LogP contribution in [-0.2, 0) is 20.6 Å². The summed E-state index contributed by atoms with van der Waals surface area (Å²) in [4.78, 5) is 38.4. The first-order valence-electron chi connectivity index (χ1n) is 16.2. The number of nitrogens with one attached hydrogen (secondary N) is 2. The number of nitrogens with zero attached hydrogens (tertiary/aromatic N) is 1. The van der Waals surface area contributed by atoms with Gasteiger partial charge in [-0.1, -0.05) is 54.6 Å². The van der Waals surface area contributed by atoms with Gasteiger partial charge in [0.1, 0.15) is 23.5 Å². The normalized spacial score (nSPS) is 13.9. The fourth-order valence-electron chi connectivity index (χ4n) is 5.60. The summed E-state index contributed by atoms with van der Waals surface area (Å²) in [5.74, 6) is 0.323. The largest absolute Gasteiger partial charge is 0.491 e. The molecule has 2 amide bonds. The van der Waals surface area contributed by atoms with E-state index in [1.165, 1.54) is 0 Å². The van der Waals surface area contributed by atoms with Gasteiger partial charge in [-0.25, -0.2) is 4.79 Å². The molecule has 1 unspecified atom stereocenters. The Labute approximate surface area is 281 Å². The quantitative estimate of drug-likeness (QED) is 0.155. The number of ether oxygens (including phenoxy) is 4. The highest BCUT2D eigenvalue weighted by Crippen LogP contribution is 2.38. The van der Waals surface area contributed by atoms with Crippen LogP contribution in [0, 0.1) is 0 Å². The molecule has 10 heteroatoms. The molecule has 48 heavy (non-hydrogen) atoms. The number of fused-ring (bicyclic) bond motifs is 1. The van der Waals surface area contributed by atoms with Gasteiger partial charge in [-0.15, -0.1) is 0 Å². The Balaban J connectivity index is 1.09. The van der Waals surface area contributed by atoms with E-state index >= 15 is 0 Å². The van der Waals surface area contributed by atoms with Crippen LogP contribution < -0.4 is 20.9 Å². The molecule has 1 aliphatic carbocycles. The molecule has 0 radical (unpaired) electrons. The first-order chi connectivity index (χ1) is 23.2. The van der Waals surface area contributed by atoms with Gasteiger partial charge in [-0.05, 0) is 86.2 Å². The lowest BCUT2D eigenvalue weighted by Gasteiger charge is -2.19. The van der Waals surface area contributed by atoms with E-state index in [2.05, 4.69) is 10.6 Å². The molecule has 0 bridgehead atoms. The maximum Gasteiger partial charge on any atom is 0.407 e. The van der Waals surface area contributed by atoms with Crippen LogP contribution in [0.3, 0.4) is 0 Å². The minimum atomic E-state index is -0.536. The van der Waals surface area contributed by atoms with E-state index in [1.807, 2.05) is 93.6 Å². The third-order valence-electron chi connectivity index (χ3n) is 7.77. The summed E-state index contributed by atoms with van der Waals surface area (Å²) in [5.41, 5.74) is 4.03. The Bertz CT molecular complexity index is 1730. The van der Waals surface area contributed by atoms with Gasteiger partial charge in [0, 0.05) is 18.4 Å². The van der Waals surface area contributed by atoms with Gasteiger partial charge in [0.2, 0.25) is 0 Å². The lowest BCUT2D eigenvalue weighted by Crippen LogP contribution is -2.34. The van der Waals surface area contributed by atoms with E-state index in [-0.39, 0.29) is 17.2 Å². The monoisotopic (exact) mass is 653 g/mol. The minimum absolute atomic E-state index is 0.0888. The van der Waals surface area contributed by atoms with Crippen molar-refractivity contribution in [1.29, 1.82) is 0 Å². The van der Waals surface area contributed by atoms with Crippen LogP contribution >= 0.6 is 0 Å². The second-order valence-corrected chi connectivity index (χ2v) is 12.4. The molecule has 1 aliphatic rings. The maximum absolute atomic E-state index is 13.6. The number of anilines is 1. The van der Waals surface area contributed by atoms with Crippen molar-refractivity contribution >= 4 is 17.7 Å². The summed E-state index contributed by atoms with van der Waals surface area (Å²) < 4.78 is 24.0. The molecule has 0 fully saturated rings. The van der Waals surface area contributed by atoms with Crippen molar-refractivity contribution < 1.29 is 28.5 Å². The van der Waals surface area contributed by atoms with Crippen LogP contribution in [0.4, 0.5) is 10.5 Å². The number of hydrogen-bond acceptors (Lipinski definition) is 7. The average molecular weight is 654 g/mol. The molecule has 0 saturated carbocycles. The zero-order valence-electron chi connectivity index (χ0n) is 27.7. The molecule has 3 aromatic carbocycles. The standard InChI is InChI=1S/C38H43N3O7/c1-38(2,3)48-37(44)39-20-22-45-23-24-46-25-26-47-34-13-7-11-30-31(34)18-19-33(30)41-21-8-12-32(36(41)43)35(42)40-29-16-14-28(15-17-29)27-9-5-4-6-10-27/h4-17,21,33H,18-20,22-26H2,1-3H3,(H,39,44)(H,40,42). The van der Waals surface area contributed by atoms with E-state index in [4.69, 9.17) is 18.9 Å². The minimum Gasteiger partial charge on any atom is -0.491 e. The summed E-state index contributed by atoms with van der Waals surface area (Å²) in [7, 11) is 0. The van der Waals surface area contributed by atoms with E-state index in [9.17, 15) is 14.4 Å². The summed E-state index contributed by atoms with van der Waals surface area (Å²) in [6.07, 6.45) is 2.74. The third-order valence-corrected chi connectivity index (χ3v) is 7.77. The maximum atomic E-state index is 13.6. The van der Waals surface area contributed by atoms with Gasteiger partial charge >= 0.3 is 6.09 Å². The first-order valence-corrected chi connectivity index (χ1v) is 16.2. The zero-order chi connectivity index (χ0) is 33.9. The Morgan fingerprint density at radius 2 is 1.52 bits per heavy atom. The van der Waals surface area contributed by atoms with E-state index in [1.54, 1.807) is 22.9 Å². The Morgan fingerprint density at radius 3 is 2.27 bits per heavy atom. The van der Waals surface area contributed by atoms with Crippen molar-refractivity contribution in [1.82, 2.24) is 9.88 Å². The number of hydrogen-bond donors (Lipinski definition) is 2. The number of aromatic nitrogens is 1. The Morgan fingerprint density at radius 1 is 0.812 bits per heavy atom. The van der Waals surface area contributed by atoms with Crippen LogP contribution in [0.1, 0.15) is 54.7 Å². The molecule has 1 heterocycles. The molecule has 1 atom stereocenters. The predicted molar refractivity (Wildman–Crippen MR) is 185 cm³/mol. The van der Waals surface area contributed by atoms with Crippen molar-refractivity contribution in [2.75, 3.05) is 44.9 Å². The molecule has 5 rings (SSSR count). The lowest BCUT2D eigenvalue weighted by atomic mass is 10.1. The van der Waals surface area contributed by atoms with Crippen LogP contribution in [0.5, 0.6) is 5.75 Å². The van der Waals surface area contributed by atoms with Crippen LogP contribution in [0.15, 0.2) is 95.9 Å². The summed E-state index contributed by atoms with van der Waals surface area (Å²) in [5, 5.41) is 5.52. The Kier molecular flexibility index (Phi) is 11.7. The average Bonchev–Trinajstić information content (AvgIpc) is 3.50. The molecular weight excluding hydrogens is 610 g/mol. The molecule has 1 aromatic heterocycles. The number of alkyl carbamates (subject to hydrolysis) is 1. The number of amides is 2. The third kappa shape index (κ3) is 9.33. The van der Waals surface area contributed by atoms with Gasteiger partial charge in [0.15, 0.2) is 0 Å². The van der Waals surface area contributed by atoms with Crippen LogP contribution in [-0.4, -0.2) is 61.7 Å². The number of pyridine rings is 1. The summed E-state index contributed by atoms with van der Waals surface area (Å²) in [6.45, 7) is 7.69. The van der Waals surface area contributed by atoms with Crippen molar-refractivity contribution in [3.63, 3.8) is 0 Å². The smallest absolute Gasteiger partial charge is 0.407 e. The molecule has 4 aromatic rings. The fraction of sp³-hybridized carbons (Fsp3) is 0.342. The highest BCUT2D eigenvalue weighted by atomic mass is 16.6. The molecule has 2 N–H and O–H groups in total. The van der Waals surface area contributed by atoms with Gasteiger partial charge in [0.05, 0.1) is 32.5 Å². The number of benzene rings is 3. The SMILES string of the molecule is CC(C)(C)OC(=O)NCCOCCOCCOc1cccc2c1CCC2n1cccc(C(=O)Nc2ccc(-c3ccccc3)cc2)c1=O.